The molecule has 86 valence electrons. The highest BCUT2D eigenvalue weighted by molar-refractivity contribution is 5.50. The van der Waals surface area contributed by atoms with Gasteiger partial charge < -0.3 is 15.0 Å². The number of nitrogens with one attached hydrogen (secondary N) is 2. The number of aryl methyl sites for hydroxylation is 1. The van der Waals surface area contributed by atoms with E-state index in [0.29, 0.717) is 6.61 Å². The van der Waals surface area contributed by atoms with E-state index in [1.54, 1.807) is 19.5 Å². The Morgan fingerprint density at radius 2 is 2.38 bits per heavy atom. The van der Waals surface area contributed by atoms with Crippen LogP contribution >= 0.6 is 0 Å². The topological polar surface area (TPSA) is 67.8 Å². The van der Waals surface area contributed by atoms with Gasteiger partial charge in [0.25, 0.3) is 0 Å². The lowest BCUT2D eigenvalue weighted by Crippen LogP contribution is -2.03. The number of anilines is 2. The van der Waals surface area contributed by atoms with Crippen LogP contribution in [-0.2, 0) is 11.3 Å². The molecule has 2 heterocycles. The highest BCUT2D eigenvalue weighted by atomic mass is 16.5. The first kappa shape index (κ1) is 10.7. The van der Waals surface area contributed by atoms with E-state index in [9.17, 15) is 0 Å². The van der Waals surface area contributed by atoms with Gasteiger partial charge in [-0.1, -0.05) is 0 Å². The van der Waals surface area contributed by atoms with E-state index in [2.05, 4.69) is 20.4 Å². The van der Waals surface area contributed by atoms with E-state index in [4.69, 9.17) is 4.74 Å². The van der Waals surface area contributed by atoms with Gasteiger partial charge in [-0.3, -0.25) is 4.68 Å². The van der Waals surface area contributed by atoms with E-state index in [0.717, 1.165) is 23.9 Å². The number of nitrogens with zero attached hydrogens (tertiary/aromatic N) is 3. The highest BCUT2D eigenvalue weighted by Gasteiger charge is 2.01. The van der Waals surface area contributed by atoms with Crippen LogP contribution < -0.4 is 5.32 Å². The zero-order chi connectivity index (χ0) is 11.4. The summed E-state index contributed by atoms with van der Waals surface area (Å²) >= 11 is 0. The van der Waals surface area contributed by atoms with Crippen molar-refractivity contribution in [2.45, 2.75) is 13.5 Å². The third-order valence-electron chi connectivity index (χ3n) is 2.12. The summed E-state index contributed by atoms with van der Waals surface area (Å²) in [5, 5.41) is 7.32. The van der Waals surface area contributed by atoms with E-state index >= 15 is 0 Å². The molecular weight excluding hydrogens is 206 g/mol. The van der Waals surface area contributed by atoms with Gasteiger partial charge in [-0.05, 0) is 6.92 Å². The number of aromatic amines is 1. The van der Waals surface area contributed by atoms with Crippen LogP contribution in [0.3, 0.4) is 0 Å². The van der Waals surface area contributed by atoms with Gasteiger partial charge in [0.1, 0.15) is 0 Å². The van der Waals surface area contributed by atoms with E-state index in [-0.39, 0.29) is 0 Å². The van der Waals surface area contributed by atoms with Gasteiger partial charge in [-0.15, -0.1) is 0 Å². The Labute approximate surface area is 93.6 Å². The van der Waals surface area contributed by atoms with E-state index in [1.165, 1.54) is 0 Å². The molecule has 6 nitrogen and oxygen atoms in total. The molecule has 0 fully saturated rings. The average Bonchev–Trinajstić information content (AvgIpc) is 2.86. The first-order valence-corrected chi connectivity index (χ1v) is 5.08. The molecule has 0 aromatic carbocycles. The standard InChI is InChI=1S/C10H15N5O/c1-8-5-11-10(13-8)14-9-6-12-15(7-9)3-4-16-2/h5-7H,3-4H2,1-2H3,(H2,11,13,14). The minimum atomic E-state index is 0.654. The quantitative estimate of drug-likeness (QED) is 0.798. The van der Waals surface area contributed by atoms with Crippen molar-refractivity contribution in [2.75, 3.05) is 19.0 Å². The second kappa shape index (κ2) is 4.80. The third-order valence-corrected chi connectivity index (χ3v) is 2.12. The van der Waals surface area contributed by atoms with Crippen molar-refractivity contribution in [3.8, 4) is 0 Å². The zero-order valence-electron chi connectivity index (χ0n) is 9.40. The molecule has 2 rings (SSSR count). The second-order valence-corrected chi connectivity index (χ2v) is 3.52. The van der Waals surface area contributed by atoms with Crippen LogP contribution in [0.5, 0.6) is 0 Å². The number of H-pyrrole nitrogens is 1. The van der Waals surface area contributed by atoms with Crippen LogP contribution in [-0.4, -0.2) is 33.5 Å². The summed E-state index contributed by atoms with van der Waals surface area (Å²) in [4.78, 5) is 7.25. The molecule has 0 radical (unpaired) electrons. The second-order valence-electron chi connectivity index (χ2n) is 3.52. The Morgan fingerprint density at radius 1 is 1.50 bits per heavy atom. The molecule has 0 saturated heterocycles. The lowest BCUT2D eigenvalue weighted by atomic mass is 10.5. The van der Waals surface area contributed by atoms with Gasteiger partial charge >= 0.3 is 0 Å². The minimum absolute atomic E-state index is 0.654. The SMILES string of the molecule is COCCn1cc(Nc2ncc(C)[nH]2)cn1. The molecular formula is C10H15N5O. The third kappa shape index (κ3) is 2.60. The lowest BCUT2D eigenvalue weighted by molar-refractivity contribution is 0.183. The Kier molecular flexibility index (Phi) is 3.21. The number of aromatic nitrogens is 4. The van der Waals surface area contributed by atoms with E-state index in [1.807, 2.05) is 17.8 Å². The predicted octanol–water partition coefficient (Wildman–Crippen LogP) is 1.30. The normalized spacial score (nSPS) is 10.6. The van der Waals surface area contributed by atoms with Gasteiger partial charge in [0, 0.05) is 25.2 Å². The Balaban J connectivity index is 1.97. The van der Waals surface area contributed by atoms with Gasteiger partial charge in [0.2, 0.25) is 5.95 Å². The summed E-state index contributed by atoms with van der Waals surface area (Å²) in [5.41, 5.74) is 1.93. The maximum atomic E-state index is 4.98. The maximum Gasteiger partial charge on any atom is 0.204 e. The first-order chi connectivity index (χ1) is 7.78. The Morgan fingerprint density at radius 3 is 3.06 bits per heavy atom. The van der Waals surface area contributed by atoms with Crippen LogP contribution in [0.2, 0.25) is 0 Å². The minimum Gasteiger partial charge on any atom is -0.383 e. The van der Waals surface area contributed by atoms with Gasteiger partial charge in [-0.25, -0.2) is 4.98 Å². The molecule has 0 aliphatic carbocycles. The summed E-state index contributed by atoms with van der Waals surface area (Å²) in [6.07, 6.45) is 5.45. The molecule has 0 amide bonds. The number of methoxy groups -OCH3 is 1. The van der Waals surface area contributed by atoms with Crippen LogP contribution in [0.15, 0.2) is 18.6 Å². The molecule has 16 heavy (non-hydrogen) atoms. The largest absolute Gasteiger partial charge is 0.383 e. The zero-order valence-corrected chi connectivity index (χ0v) is 9.40. The monoisotopic (exact) mass is 221 g/mol. The smallest absolute Gasteiger partial charge is 0.204 e. The fourth-order valence-electron chi connectivity index (χ4n) is 1.35. The Hall–Kier alpha value is -1.82. The van der Waals surface area contributed by atoms with E-state index < -0.39 is 0 Å². The fourth-order valence-corrected chi connectivity index (χ4v) is 1.35. The number of hydrogen-bond donors (Lipinski definition) is 2. The molecule has 6 heteroatoms. The summed E-state index contributed by atoms with van der Waals surface area (Å²) in [7, 11) is 1.67. The van der Waals surface area contributed by atoms with Crippen molar-refractivity contribution in [1.29, 1.82) is 0 Å². The van der Waals surface area contributed by atoms with Crippen LogP contribution in [0.25, 0.3) is 0 Å². The molecule has 0 unspecified atom stereocenters. The first-order valence-electron chi connectivity index (χ1n) is 5.08. The van der Waals surface area contributed by atoms with Crippen molar-refractivity contribution in [1.82, 2.24) is 19.7 Å². The van der Waals surface area contributed by atoms with Crippen LogP contribution in [0.4, 0.5) is 11.6 Å². The molecule has 0 atom stereocenters. The maximum absolute atomic E-state index is 4.98. The van der Waals surface area contributed by atoms with Gasteiger partial charge in [0.05, 0.1) is 25.0 Å². The molecule has 2 aromatic rings. The average molecular weight is 221 g/mol. The summed E-state index contributed by atoms with van der Waals surface area (Å²) in [6, 6.07) is 0. The molecule has 2 aromatic heterocycles. The Bertz CT molecular complexity index is 448. The van der Waals surface area contributed by atoms with Gasteiger partial charge in [0.15, 0.2) is 0 Å². The molecule has 0 aliphatic rings. The van der Waals surface area contributed by atoms with Crippen molar-refractivity contribution < 1.29 is 4.74 Å². The molecule has 0 saturated carbocycles. The molecule has 0 spiro atoms. The van der Waals surface area contributed by atoms with Crippen molar-refractivity contribution in [2.24, 2.45) is 0 Å². The molecule has 0 aliphatic heterocycles. The fraction of sp³-hybridized carbons (Fsp3) is 0.400. The summed E-state index contributed by atoms with van der Waals surface area (Å²) < 4.78 is 6.80. The van der Waals surface area contributed by atoms with Crippen molar-refractivity contribution >= 4 is 11.6 Å². The van der Waals surface area contributed by atoms with Crippen LogP contribution in [0.1, 0.15) is 5.69 Å². The van der Waals surface area contributed by atoms with Crippen LogP contribution in [0, 0.1) is 6.92 Å². The number of ether oxygens (including phenoxy) is 1. The summed E-state index contributed by atoms with van der Waals surface area (Å²) in [6.45, 7) is 3.36. The van der Waals surface area contributed by atoms with Crippen molar-refractivity contribution in [3.05, 3.63) is 24.3 Å². The highest BCUT2D eigenvalue weighted by Crippen LogP contribution is 2.11. The van der Waals surface area contributed by atoms with Gasteiger partial charge in [-0.2, -0.15) is 5.10 Å². The summed E-state index contributed by atoms with van der Waals surface area (Å²) in [5.74, 6) is 0.726. The predicted molar refractivity (Wildman–Crippen MR) is 60.7 cm³/mol. The molecule has 0 bridgehead atoms. The van der Waals surface area contributed by atoms with Crippen molar-refractivity contribution in [3.63, 3.8) is 0 Å². The molecule has 2 N–H and O–H groups in total. The number of rotatable bonds is 5. The number of imidazole rings is 1. The lowest BCUT2D eigenvalue weighted by Gasteiger charge is -1.99. The number of hydrogen-bond acceptors (Lipinski definition) is 4.